The van der Waals surface area contributed by atoms with E-state index in [0.29, 0.717) is 22.9 Å². The van der Waals surface area contributed by atoms with Crippen molar-refractivity contribution in [3.63, 3.8) is 0 Å². The van der Waals surface area contributed by atoms with Crippen LogP contribution in [0.3, 0.4) is 0 Å². The number of hydrogen-bond acceptors (Lipinski definition) is 1. The summed E-state index contributed by atoms with van der Waals surface area (Å²) >= 11 is 3.21. The van der Waals surface area contributed by atoms with Gasteiger partial charge in [0.05, 0.1) is 6.10 Å². The Labute approximate surface area is 114 Å². The lowest BCUT2D eigenvalue weighted by atomic mass is 10.0. The third kappa shape index (κ3) is 3.65. The zero-order valence-corrected chi connectivity index (χ0v) is 11.4. The van der Waals surface area contributed by atoms with Crippen molar-refractivity contribution in [2.24, 2.45) is 0 Å². The van der Waals surface area contributed by atoms with Crippen LogP contribution in [0.1, 0.15) is 11.1 Å². The highest BCUT2D eigenvalue weighted by Gasteiger charge is 2.10. The van der Waals surface area contributed by atoms with Crippen LogP contribution >= 0.6 is 15.9 Å². The Morgan fingerprint density at radius 3 is 2.44 bits per heavy atom. The molecule has 0 aliphatic heterocycles. The second-order valence-electron chi connectivity index (χ2n) is 4.28. The topological polar surface area (TPSA) is 20.2 Å². The van der Waals surface area contributed by atoms with Gasteiger partial charge in [0.15, 0.2) is 0 Å². The minimum atomic E-state index is -0.567. The minimum Gasteiger partial charge on any atom is -0.392 e. The predicted octanol–water partition coefficient (Wildman–Crippen LogP) is 3.73. The normalized spacial score (nSPS) is 12.4. The van der Waals surface area contributed by atoms with Crippen molar-refractivity contribution in [2.45, 2.75) is 18.9 Å². The van der Waals surface area contributed by atoms with Crippen LogP contribution in [0.5, 0.6) is 0 Å². The molecule has 0 saturated heterocycles. The Balaban J connectivity index is 2.01. The van der Waals surface area contributed by atoms with Crippen LogP contribution in [0.25, 0.3) is 0 Å². The molecular formula is C15H14BrFO. The molecular weight excluding hydrogens is 295 g/mol. The Morgan fingerprint density at radius 1 is 1.06 bits per heavy atom. The minimum absolute atomic E-state index is 0.281. The first-order valence-corrected chi connectivity index (χ1v) is 6.60. The number of rotatable bonds is 4. The quantitative estimate of drug-likeness (QED) is 0.912. The second-order valence-corrected chi connectivity index (χ2v) is 5.20. The Bertz CT molecular complexity index is 513. The van der Waals surface area contributed by atoms with Crippen molar-refractivity contribution >= 4 is 15.9 Å². The summed E-state index contributed by atoms with van der Waals surface area (Å²) in [6.45, 7) is 0. The average molecular weight is 309 g/mol. The maximum Gasteiger partial charge on any atom is 0.127 e. The number of aliphatic hydroxyl groups is 1. The van der Waals surface area contributed by atoms with Gasteiger partial charge < -0.3 is 5.11 Å². The fourth-order valence-corrected chi connectivity index (χ4v) is 2.23. The summed E-state index contributed by atoms with van der Waals surface area (Å²) in [5, 5.41) is 9.97. The second kappa shape index (κ2) is 6.12. The lowest BCUT2D eigenvalue weighted by Gasteiger charge is -2.11. The van der Waals surface area contributed by atoms with E-state index in [1.165, 1.54) is 6.07 Å². The summed E-state index contributed by atoms with van der Waals surface area (Å²) in [5.41, 5.74) is 1.60. The van der Waals surface area contributed by atoms with E-state index in [1.807, 2.05) is 30.3 Å². The molecule has 1 N–H and O–H groups in total. The third-order valence-electron chi connectivity index (χ3n) is 2.78. The van der Waals surface area contributed by atoms with E-state index in [4.69, 9.17) is 0 Å². The standard InChI is InChI=1S/C15H14BrFO/c16-13-7-6-12(15(17)10-13)9-14(18)8-11-4-2-1-3-5-11/h1-7,10,14,18H,8-9H2. The molecule has 0 fully saturated rings. The molecule has 1 atom stereocenters. The van der Waals surface area contributed by atoms with Gasteiger partial charge >= 0.3 is 0 Å². The zero-order valence-electron chi connectivity index (χ0n) is 9.81. The summed E-state index contributed by atoms with van der Waals surface area (Å²) in [6, 6.07) is 14.6. The Morgan fingerprint density at radius 2 is 1.78 bits per heavy atom. The van der Waals surface area contributed by atoms with E-state index >= 15 is 0 Å². The Kier molecular flexibility index (Phi) is 4.50. The van der Waals surface area contributed by atoms with E-state index in [1.54, 1.807) is 12.1 Å². The highest BCUT2D eigenvalue weighted by molar-refractivity contribution is 9.10. The van der Waals surface area contributed by atoms with Crippen molar-refractivity contribution in [2.75, 3.05) is 0 Å². The molecule has 0 radical (unpaired) electrons. The van der Waals surface area contributed by atoms with Crippen LogP contribution in [0.15, 0.2) is 53.0 Å². The van der Waals surface area contributed by atoms with Gasteiger partial charge in [-0.1, -0.05) is 52.3 Å². The van der Waals surface area contributed by atoms with E-state index < -0.39 is 6.10 Å². The monoisotopic (exact) mass is 308 g/mol. The third-order valence-corrected chi connectivity index (χ3v) is 3.28. The molecule has 0 spiro atoms. The summed E-state index contributed by atoms with van der Waals surface area (Å²) in [6.07, 6.45) is 0.299. The molecule has 3 heteroatoms. The molecule has 1 unspecified atom stereocenters. The largest absolute Gasteiger partial charge is 0.392 e. The summed E-state index contributed by atoms with van der Waals surface area (Å²) < 4.78 is 14.3. The molecule has 0 aliphatic rings. The van der Waals surface area contributed by atoms with Crippen LogP contribution in [0.2, 0.25) is 0 Å². The highest BCUT2D eigenvalue weighted by atomic mass is 79.9. The summed E-state index contributed by atoms with van der Waals surface area (Å²) in [5.74, 6) is -0.281. The molecule has 2 rings (SSSR count). The predicted molar refractivity (Wildman–Crippen MR) is 74.0 cm³/mol. The first-order valence-electron chi connectivity index (χ1n) is 5.81. The van der Waals surface area contributed by atoms with E-state index in [2.05, 4.69) is 15.9 Å². The van der Waals surface area contributed by atoms with Crippen molar-refractivity contribution < 1.29 is 9.50 Å². The lowest BCUT2D eigenvalue weighted by Crippen LogP contribution is -2.14. The van der Waals surface area contributed by atoms with Gasteiger partial charge in [-0.15, -0.1) is 0 Å². The van der Waals surface area contributed by atoms with Crippen LogP contribution < -0.4 is 0 Å². The zero-order chi connectivity index (χ0) is 13.0. The SMILES string of the molecule is OC(Cc1ccccc1)Cc1ccc(Br)cc1F. The van der Waals surface area contributed by atoms with E-state index in [9.17, 15) is 9.50 Å². The van der Waals surface area contributed by atoms with Gasteiger partial charge in [-0.05, 0) is 29.7 Å². The smallest absolute Gasteiger partial charge is 0.127 e. The van der Waals surface area contributed by atoms with Crippen molar-refractivity contribution in [3.05, 3.63) is 69.9 Å². The fourth-order valence-electron chi connectivity index (χ4n) is 1.90. The molecule has 0 aliphatic carbocycles. The van der Waals surface area contributed by atoms with Crippen molar-refractivity contribution in [1.29, 1.82) is 0 Å². The highest BCUT2D eigenvalue weighted by Crippen LogP contribution is 2.17. The number of halogens is 2. The maximum atomic E-state index is 13.6. The number of hydrogen-bond donors (Lipinski definition) is 1. The van der Waals surface area contributed by atoms with Crippen LogP contribution in [-0.4, -0.2) is 11.2 Å². The lowest BCUT2D eigenvalue weighted by molar-refractivity contribution is 0.174. The molecule has 0 saturated carbocycles. The first-order chi connectivity index (χ1) is 8.65. The number of benzene rings is 2. The molecule has 0 bridgehead atoms. The Hall–Kier alpha value is -1.19. The molecule has 2 aromatic carbocycles. The van der Waals surface area contributed by atoms with Crippen LogP contribution in [0.4, 0.5) is 4.39 Å². The number of aliphatic hydroxyl groups excluding tert-OH is 1. The van der Waals surface area contributed by atoms with Gasteiger partial charge in [-0.3, -0.25) is 0 Å². The molecule has 18 heavy (non-hydrogen) atoms. The molecule has 0 aromatic heterocycles. The van der Waals surface area contributed by atoms with Gasteiger partial charge in [-0.25, -0.2) is 4.39 Å². The molecule has 0 heterocycles. The van der Waals surface area contributed by atoms with Crippen molar-refractivity contribution in [1.82, 2.24) is 0 Å². The van der Waals surface area contributed by atoms with Gasteiger partial charge in [0.2, 0.25) is 0 Å². The van der Waals surface area contributed by atoms with Crippen molar-refractivity contribution in [3.8, 4) is 0 Å². The van der Waals surface area contributed by atoms with Gasteiger partial charge in [0, 0.05) is 10.9 Å². The van der Waals surface area contributed by atoms with Crippen LogP contribution in [0, 0.1) is 5.82 Å². The average Bonchev–Trinajstić information content (AvgIpc) is 2.34. The first kappa shape index (κ1) is 13.2. The molecule has 2 aromatic rings. The van der Waals surface area contributed by atoms with E-state index in [0.717, 1.165) is 5.56 Å². The van der Waals surface area contributed by atoms with Gasteiger partial charge in [0.1, 0.15) is 5.82 Å². The fraction of sp³-hybridized carbons (Fsp3) is 0.200. The van der Waals surface area contributed by atoms with Crippen LogP contribution in [-0.2, 0) is 12.8 Å². The van der Waals surface area contributed by atoms with Gasteiger partial charge in [0.25, 0.3) is 0 Å². The van der Waals surface area contributed by atoms with E-state index in [-0.39, 0.29) is 5.82 Å². The molecule has 0 amide bonds. The summed E-state index contributed by atoms with van der Waals surface area (Å²) in [7, 11) is 0. The molecule has 94 valence electrons. The molecule has 1 nitrogen and oxygen atoms in total. The maximum absolute atomic E-state index is 13.6. The van der Waals surface area contributed by atoms with Gasteiger partial charge in [-0.2, -0.15) is 0 Å². The summed E-state index contributed by atoms with van der Waals surface area (Å²) in [4.78, 5) is 0.